The lowest BCUT2D eigenvalue weighted by Gasteiger charge is -2.26. The number of alkyl halides is 3. The smallest absolute Gasteiger partial charge is 0.346 e. The molecule has 1 atom stereocenters. The van der Waals surface area contributed by atoms with Gasteiger partial charge in [-0.1, -0.05) is 13.8 Å². The van der Waals surface area contributed by atoms with Crippen LogP contribution in [0.5, 0.6) is 0 Å². The van der Waals surface area contributed by atoms with Gasteiger partial charge in [-0.2, -0.15) is 13.2 Å². The second-order valence-electron chi connectivity index (χ2n) is 5.77. The molecule has 1 aliphatic rings. The average molecular weight is 295 g/mol. The summed E-state index contributed by atoms with van der Waals surface area (Å²) >= 11 is 0. The molecule has 2 N–H and O–H groups in total. The molecule has 1 aliphatic heterocycles. The first-order chi connectivity index (χ1) is 9.26. The molecular formula is C13H24F3N3O. The predicted molar refractivity (Wildman–Crippen MR) is 71.4 cm³/mol. The van der Waals surface area contributed by atoms with Crippen LogP contribution in [0.15, 0.2) is 0 Å². The van der Waals surface area contributed by atoms with Gasteiger partial charge in [0.15, 0.2) is 0 Å². The van der Waals surface area contributed by atoms with Crippen molar-refractivity contribution < 1.29 is 18.0 Å². The van der Waals surface area contributed by atoms with Gasteiger partial charge in [-0.3, -0.25) is 9.69 Å². The van der Waals surface area contributed by atoms with Crippen molar-refractivity contribution in [3.8, 4) is 0 Å². The van der Waals surface area contributed by atoms with Crippen molar-refractivity contribution >= 4 is 5.91 Å². The first-order valence-corrected chi connectivity index (χ1v) is 7.05. The fourth-order valence-electron chi connectivity index (χ4n) is 2.40. The summed E-state index contributed by atoms with van der Waals surface area (Å²) in [5, 5.41) is 5.26. The average Bonchev–Trinajstić information content (AvgIpc) is 2.77. The first kappa shape index (κ1) is 17.2. The molecule has 0 aromatic carbocycles. The zero-order chi connectivity index (χ0) is 15.2. The molecule has 0 saturated carbocycles. The summed E-state index contributed by atoms with van der Waals surface area (Å²) < 4.78 is 36.2. The van der Waals surface area contributed by atoms with E-state index in [0.29, 0.717) is 25.0 Å². The van der Waals surface area contributed by atoms with Gasteiger partial charge in [0.1, 0.15) is 6.54 Å². The number of nitrogens with zero attached hydrogens (tertiary/aromatic N) is 1. The quantitative estimate of drug-likeness (QED) is 0.746. The second kappa shape index (κ2) is 7.83. The van der Waals surface area contributed by atoms with Crippen molar-refractivity contribution in [3.63, 3.8) is 0 Å². The van der Waals surface area contributed by atoms with E-state index >= 15 is 0 Å². The lowest BCUT2D eigenvalue weighted by atomic mass is 10.1. The molecule has 0 aromatic rings. The molecule has 1 rings (SSSR count). The highest BCUT2D eigenvalue weighted by atomic mass is 19.4. The van der Waals surface area contributed by atoms with Gasteiger partial charge in [-0.05, 0) is 25.3 Å². The van der Waals surface area contributed by atoms with E-state index in [1.807, 2.05) is 24.1 Å². The third-order valence-corrected chi connectivity index (χ3v) is 3.12. The van der Waals surface area contributed by atoms with Crippen LogP contribution in [0, 0.1) is 5.92 Å². The van der Waals surface area contributed by atoms with Crippen LogP contribution in [0.3, 0.4) is 0 Å². The standard InChI is InChI=1S/C13H24F3N3O/c1-10(2)6-19(7-11-4-3-5-17-11)8-12(20)18-9-13(14,15)16/h10-11,17H,3-9H2,1-2H3,(H,18,20). The Balaban J connectivity index is 2.40. The number of carbonyl (C=O) groups excluding carboxylic acids is 1. The van der Waals surface area contributed by atoms with Crippen LogP contribution < -0.4 is 10.6 Å². The first-order valence-electron chi connectivity index (χ1n) is 7.05. The molecule has 0 spiro atoms. The SMILES string of the molecule is CC(C)CN(CC(=O)NCC(F)(F)F)CC1CCCN1. The molecule has 1 amide bonds. The molecule has 0 bridgehead atoms. The Bertz CT molecular complexity index is 302. The van der Waals surface area contributed by atoms with Gasteiger partial charge in [-0.25, -0.2) is 0 Å². The number of amides is 1. The number of hydrogen-bond acceptors (Lipinski definition) is 3. The molecule has 4 nitrogen and oxygen atoms in total. The fourth-order valence-corrected chi connectivity index (χ4v) is 2.40. The van der Waals surface area contributed by atoms with Gasteiger partial charge in [-0.15, -0.1) is 0 Å². The molecule has 1 heterocycles. The van der Waals surface area contributed by atoms with Crippen molar-refractivity contribution in [1.29, 1.82) is 0 Å². The summed E-state index contributed by atoms with van der Waals surface area (Å²) in [6, 6.07) is 0.337. The number of nitrogens with one attached hydrogen (secondary N) is 2. The topological polar surface area (TPSA) is 44.4 Å². The normalized spacial score (nSPS) is 19.9. The van der Waals surface area contributed by atoms with E-state index in [4.69, 9.17) is 0 Å². The predicted octanol–water partition coefficient (Wildman–Crippen LogP) is 1.37. The maximum absolute atomic E-state index is 12.1. The van der Waals surface area contributed by atoms with Crippen molar-refractivity contribution in [2.75, 3.05) is 32.7 Å². The number of rotatable bonds is 7. The molecule has 20 heavy (non-hydrogen) atoms. The number of carbonyl (C=O) groups is 1. The highest BCUT2D eigenvalue weighted by Crippen LogP contribution is 2.12. The van der Waals surface area contributed by atoms with Crippen LogP contribution in [-0.2, 0) is 4.79 Å². The molecule has 118 valence electrons. The summed E-state index contributed by atoms with van der Waals surface area (Å²) in [5.41, 5.74) is 0. The largest absolute Gasteiger partial charge is 0.405 e. The van der Waals surface area contributed by atoms with E-state index < -0.39 is 18.6 Å². The van der Waals surface area contributed by atoms with E-state index in [9.17, 15) is 18.0 Å². The zero-order valence-corrected chi connectivity index (χ0v) is 12.1. The van der Waals surface area contributed by atoms with E-state index in [1.165, 1.54) is 0 Å². The van der Waals surface area contributed by atoms with Crippen LogP contribution in [0.25, 0.3) is 0 Å². The third-order valence-electron chi connectivity index (χ3n) is 3.12. The third kappa shape index (κ3) is 7.69. The van der Waals surface area contributed by atoms with Crippen LogP contribution in [0.2, 0.25) is 0 Å². The maximum Gasteiger partial charge on any atom is 0.405 e. The summed E-state index contributed by atoms with van der Waals surface area (Å²) in [5.74, 6) is -0.201. The van der Waals surface area contributed by atoms with Crippen LogP contribution in [-0.4, -0.2) is 55.7 Å². The molecule has 0 aliphatic carbocycles. The van der Waals surface area contributed by atoms with Gasteiger partial charge < -0.3 is 10.6 Å². The van der Waals surface area contributed by atoms with E-state index in [-0.39, 0.29) is 6.54 Å². The van der Waals surface area contributed by atoms with Crippen molar-refractivity contribution in [1.82, 2.24) is 15.5 Å². The fraction of sp³-hybridized carbons (Fsp3) is 0.923. The van der Waals surface area contributed by atoms with Gasteiger partial charge >= 0.3 is 6.18 Å². The zero-order valence-electron chi connectivity index (χ0n) is 12.1. The number of halogens is 3. The Morgan fingerprint density at radius 2 is 2.15 bits per heavy atom. The molecule has 7 heteroatoms. The van der Waals surface area contributed by atoms with Gasteiger partial charge in [0.05, 0.1) is 6.54 Å². The summed E-state index contributed by atoms with van der Waals surface area (Å²) in [6.07, 6.45) is -2.19. The van der Waals surface area contributed by atoms with E-state index in [1.54, 1.807) is 0 Å². The highest BCUT2D eigenvalue weighted by molar-refractivity contribution is 5.78. The molecule has 0 aromatic heterocycles. The summed E-state index contributed by atoms with van der Waals surface area (Å²) in [7, 11) is 0. The molecule has 1 fully saturated rings. The maximum atomic E-state index is 12.1. The van der Waals surface area contributed by atoms with E-state index in [0.717, 1.165) is 19.4 Å². The minimum absolute atomic E-state index is 0.0203. The minimum atomic E-state index is -4.36. The van der Waals surface area contributed by atoms with Gasteiger partial charge in [0, 0.05) is 19.1 Å². The Labute approximate surface area is 118 Å². The highest BCUT2D eigenvalue weighted by Gasteiger charge is 2.28. The molecule has 0 radical (unpaired) electrons. The monoisotopic (exact) mass is 295 g/mol. The van der Waals surface area contributed by atoms with E-state index in [2.05, 4.69) is 5.32 Å². The summed E-state index contributed by atoms with van der Waals surface area (Å²) in [4.78, 5) is 13.5. The molecule has 1 unspecified atom stereocenters. The van der Waals surface area contributed by atoms with Crippen molar-refractivity contribution in [2.24, 2.45) is 5.92 Å². The minimum Gasteiger partial charge on any atom is -0.346 e. The van der Waals surface area contributed by atoms with Crippen molar-refractivity contribution in [3.05, 3.63) is 0 Å². The van der Waals surface area contributed by atoms with Crippen molar-refractivity contribution in [2.45, 2.75) is 38.9 Å². The second-order valence-corrected chi connectivity index (χ2v) is 5.77. The lowest BCUT2D eigenvalue weighted by Crippen LogP contribution is -2.46. The Kier molecular flexibility index (Phi) is 6.75. The summed E-state index contributed by atoms with van der Waals surface area (Å²) in [6.45, 7) is 5.20. The van der Waals surface area contributed by atoms with Crippen LogP contribution >= 0.6 is 0 Å². The molecular weight excluding hydrogens is 271 g/mol. The van der Waals surface area contributed by atoms with Gasteiger partial charge in [0.2, 0.25) is 5.91 Å². The molecule has 1 saturated heterocycles. The van der Waals surface area contributed by atoms with Crippen LogP contribution in [0.1, 0.15) is 26.7 Å². The Morgan fingerprint density at radius 3 is 2.65 bits per heavy atom. The Morgan fingerprint density at radius 1 is 1.45 bits per heavy atom. The lowest BCUT2D eigenvalue weighted by molar-refractivity contribution is -0.139. The number of hydrogen-bond donors (Lipinski definition) is 2. The van der Waals surface area contributed by atoms with Gasteiger partial charge in [0.25, 0.3) is 0 Å². The van der Waals surface area contributed by atoms with Crippen LogP contribution in [0.4, 0.5) is 13.2 Å². The Hall–Kier alpha value is -0.820.